The summed E-state index contributed by atoms with van der Waals surface area (Å²) in [7, 11) is 0. The highest BCUT2D eigenvalue weighted by molar-refractivity contribution is 5.60. The fourth-order valence-electron chi connectivity index (χ4n) is 2.18. The summed E-state index contributed by atoms with van der Waals surface area (Å²) in [4.78, 5) is 0. The fourth-order valence-corrected chi connectivity index (χ4v) is 2.18. The lowest BCUT2D eigenvalue weighted by Crippen LogP contribution is -2.48. The molecule has 0 spiro atoms. The van der Waals surface area contributed by atoms with Crippen molar-refractivity contribution in [1.82, 2.24) is 0 Å². The predicted molar refractivity (Wildman–Crippen MR) is 69.3 cm³/mol. The highest BCUT2D eigenvalue weighted by Crippen LogP contribution is 2.36. The van der Waals surface area contributed by atoms with Crippen molar-refractivity contribution in [1.29, 1.82) is 0 Å². The van der Waals surface area contributed by atoms with Crippen molar-refractivity contribution >= 4 is 11.4 Å². The molecule has 0 unspecified atom stereocenters. The number of hydrogen-bond acceptors (Lipinski definition) is 4. The Morgan fingerprint density at radius 1 is 1.41 bits per heavy atom. The summed E-state index contributed by atoms with van der Waals surface area (Å²) in [6.45, 7) is 2.72. The summed E-state index contributed by atoms with van der Waals surface area (Å²) in [6, 6.07) is 5.61. The van der Waals surface area contributed by atoms with Crippen LogP contribution >= 0.6 is 0 Å². The van der Waals surface area contributed by atoms with E-state index in [1.807, 2.05) is 19.1 Å². The molecule has 0 aromatic heterocycles. The van der Waals surface area contributed by atoms with E-state index >= 15 is 0 Å². The summed E-state index contributed by atoms with van der Waals surface area (Å²) in [6.07, 6.45) is 3.17. The number of aliphatic hydroxyl groups is 1. The van der Waals surface area contributed by atoms with Gasteiger partial charge in [0.2, 0.25) is 0 Å². The van der Waals surface area contributed by atoms with E-state index in [0.29, 0.717) is 12.3 Å². The fraction of sp³-hybridized carbons (Fsp3) is 0.538. The Morgan fingerprint density at radius 3 is 2.71 bits per heavy atom. The van der Waals surface area contributed by atoms with Crippen LogP contribution in [0.15, 0.2) is 18.2 Å². The number of nitrogens with one attached hydrogen (secondary N) is 1. The molecule has 1 saturated carbocycles. The Morgan fingerprint density at radius 2 is 2.18 bits per heavy atom. The quantitative estimate of drug-likeness (QED) is 0.684. The van der Waals surface area contributed by atoms with E-state index in [1.54, 1.807) is 6.07 Å². The van der Waals surface area contributed by atoms with Gasteiger partial charge >= 0.3 is 0 Å². The predicted octanol–water partition coefficient (Wildman–Crippen LogP) is 1.99. The van der Waals surface area contributed by atoms with Crippen LogP contribution in [-0.2, 0) is 0 Å². The topological polar surface area (TPSA) is 67.5 Å². The van der Waals surface area contributed by atoms with Gasteiger partial charge in [0.05, 0.1) is 18.8 Å². The first-order chi connectivity index (χ1) is 8.17. The molecular formula is C13H20N2O2. The highest BCUT2D eigenvalue weighted by Gasteiger charge is 2.36. The molecule has 0 bridgehead atoms. The lowest BCUT2D eigenvalue weighted by Gasteiger charge is -2.42. The maximum absolute atomic E-state index is 9.41. The van der Waals surface area contributed by atoms with E-state index in [4.69, 9.17) is 10.5 Å². The number of nitrogen functional groups attached to an aromatic ring is 1. The molecule has 1 aliphatic rings. The maximum atomic E-state index is 9.41. The van der Waals surface area contributed by atoms with Gasteiger partial charge in [0.25, 0.3) is 0 Å². The first-order valence-corrected chi connectivity index (χ1v) is 6.10. The third-order valence-corrected chi connectivity index (χ3v) is 3.26. The lowest BCUT2D eigenvalue weighted by molar-refractivity contribution is 0.144. The van der Waals surface area contributed by atoms with Crippen molar-refractivity contribution in [2.45, 2.75) is 31.7 Å². The van der Waals surface area contributed by atoms with Gasteiger partial charge in [0.1, 0.15) is 5.75 Å². The number of anilines is 2. The minimum absolute atomic E-state index is 0.155. The van der Waals surface area contributed by atoms with Gasteiger partial charge in [-0.25, -0.2) is 0 Å². The second kappa shape index (κ2) is 4.84. The SMILES string of the molecule is CCOc1cc(N)cc(NC2(CO)CCC2)c1. The molecule has 0 radical (unpaired) electrons. The van der Waals surface area contributed by atoms with Gasteiger partial charge in [-0.2, -0.15) is 0 Å². The number of aliphatic hydroxyl groups excluding tert-OH is 1. The van der Waals surface area contributed by atoms with E-state index < -0.39 is 0 Å². The molecule has 1 fully saturated rings. The molecule has 1 aliphatic carbocycles. The Balaban J connectivity index is 2.14. The number of nitrogens with two attached hydrogens (primary N) is 1. The minimum Gasteiger partial charge on any atom is -0.494 e. The molecule has 0 amide bonds. The average molecular weight is 236 g/mol. The van der Waals surface area contributed by atoms with Crippen LogP contribution in [0.3, 0.4) is 0 Å². The smallest absolute Gasteiger partial charge is 0.123 e. The van der Waals surface area contributed by atoms with Crippen LogP contribution in [0.1, 0.15) is 26.2 Å². The first-order valence-electron chi connectivity index (χ1n) is 6.10. The molecule has 4 N–H and O–H groups in total. The number of ether oxygens (including phenoxy) is 1. The van der Waals surface area contributed by atoms with Crippen LogP contribution in [0, 0.1) is 0 Å². The van der Waals surface area contributed by atoms with Gasteiger partial charge in [-0.3, -0.25) is 0 Å². The first kappa shape index (κ1) is 12.0. The van der Waals surface area contributed by atoms with Gasteiger partial charge < -0.3 is 20.9 Å². The van der Waals surface area contributed by atoms with E-state index in [1.165, 1.54) is 0 Å². The van der Waals surface area contributed by atoms with Crippen molar-refractivity contribution in [3.63, 3.8) is 0 Å². The molecule has 1 aromatic carbocycles. The van der Waals surface area contributed by atoms with Crippen LogP contribution in [0.25, 0.3) is 0 Å². The normalized spacial score (nSPS) is 17.3. The summed E-state index contributed by atoms with van der Waals surface area (Å²) < 4.78 is 5.44. The molecule has 2 rings (SSSR count). The van der Waals surface area contributed by atoms with E-state index in [2.05, 4.69) is 5.32 Å². The van der Waals surface area contributed by atoms with E-state index in [-0.39, 0.29) is 12.1 Å². The Hall–Kier alpha value is -1.42. The van der Waals surface area contributed by atoms with Crippen LogP contribution in [0.4, 0.5) is 11.4 Å². The van der Waals surface area contributed by atoms with Crippen molar-refractivity contribution in [2.24, 2.45) is 0 Å². The van der Waals surface area contributed by atoms with Gasteiger partial charge in [0, 0.05) is 23.5 Å². The van der Waals surface area contributed by atoms with Gasteiger partial charge in [0.15, 0.2) is 0 Å². The molecule has 0 heterocycles. The Labute approximate surface area is 102 Å². The number of hydrogen-bond donors (Lipinski definition) is 3. The summed E-state index contributed by atoms with van der Waals surface area (Å²) in [5.41, 5.74) is 7.26. The third kappa shape index (κ3) is 2.64. The third-order valence-electron chi connectivity index (χ3n) is 3.26. The van der Waals surface area contributed by atoms with Gasteiger partial charge in [-0.15, -0.1) is 0 Å². The second-order valence-electron chi connectivity index (χ2n) is 4.64. The van der Waals surface area contributed by atoms with Gasteiger partial charge in [-0.1, -0.05) is 0 Å². The van der Waals surface area contributed by atoms with Crippen LogP contribution in [-0.4, -0.2) is 23.9 Å². The average Bonchev–Trinajstić information content (AvgIpc) is 2.23. The molecule has 0 aliphatic heterocycles. The molecule has 0 atom stereocenters. The zero-order valence-electron chi connectivity index (χ0n) is 10.2. The number of rotatable bonds is 5. The lowest BCUT2D eigenvalue weighted by atomic mass is 9.77. The van der Waals surface area contributed by atoms with Crippen molar-refractivity contribution in [3.8, 4) is 5.75 Å². The van der Waals surface area contributed by atoms with Crippen molar-refractivity contribution < 1.29 is 9.84 Å². The summed E-state index contributed by atoms with van der Waals surface area (Å²) in [5.74, 6) is 0.766. The van der Waals surface area contributed by atoms with E-state index in [0.717, 1.165) is 30.7 Å². The molecule has 0 saturated heterocycles. The molecule has 4 heteroatoms. The largest absolute Gasteiger partial charge is 0.494 e. The van der Waals surface area contributed by atoms with Gasteiger partial charge in [-0.05, 0) is 32.3 Å². The van der Waals surface area contributed by atoms with Crippen LogP contribution in [0.5, 0.6) is 5.75 Å². The summed E-state index contributed by atoms with van der Waals surface area (Å²) in [5, 5.41) is 12.8. The summed E-state index contributed by atoms with van der Waals surface area (Å²) >= 11 is 0. The Bertz CT molecular complexity index is 383. The zero-order chi connectivity index (χ0) is 12.3. The second-order valence-corrected chi connectivity index (χ2v) is 4.64. The maximum Gasteiger partial charge on any atom is 0.123 e. The molecule has 94 valence electrons. The highest BCUT2D eigenvalue weighted by atomic mass is 16.5. The molecule has 4 nitrogen and oxygen atoms in total. The standard InChI is InChI=1S/C13H20N2O2/c1-2-17-12-7-10(14)6-11(8-12)15-13(9-16)4-3-5-13/h6-8,15-16H,2-5,9,14H2,1H3. The molecule has 17 heavy (non-hydrogen) atoms. The molecular weight excluding hydrogens is 216 g/mol. The van der Waals surface area contributed by atoms with Crippen molar-refractivity contribution in [2.75, 3.05) is 24.3 Å². The van der Waals surface area contributed by atoms with Crippen LogP contribution in [0.2, 0.25) is 0 Å². The van der Waals surface area contributed by atoms with Crippen molar-refractivity contribution in [3.05, 3.63) is 18.2 Å². The zero-order valence-corrected chi connectivity index (χ0v) is 10.2. The number of benzene rings is 1. The van der Waals surface area contributed by atoms with Crippen LogP contribution < -0.4 is 15.8 Å². The minimum atomic E-state index is -0.155. The Kier molecular flexibility index (Phi) is 3.43. The van der Waals surface area contributed by atoms with E-state index in [9.17, 15) is 5.11 Å². The molecule has 1 aromatic rings. The monoisotopic (exact) mass is 236 g/mol.